The average Bonchev–Trinajstić information content (AvgIpc) is 2.90. The van der Waals surface area contributed by atoms with Crippen molar-refractivity contribution in [1.82, 2.24) is 9.88 Å². The lowest BCUT2D eigenvalue weighted by atomic mass is 9.87. The van der Waals surface area contributed by atoms with Crippen molar-refractivity contribution in [1.29, 1.82) is 0 Å². The Morgan fingerprint density at radius 3 is 2.45 bits per heavy atom. The molecule has 0 unspecified atom stereocenters. The smallest absolute Gasteiger partial charge is 0.408 e. The zero-order chi connectivity index (χ0) is 21.8. The zero-order valence-electron chi connectivity index (χ0n) is 18.2. The summed E-state index contributed by atoms with van der Waals surface area (Å²) >= 11 is 0. The molecule has 6 heteroatoms. The van der Waals surface area contributed by atoms with Crippen LogP contribution in [0.4, 0.5) is 0 Å². The second-order valence-corrected chi connectivity index (χ2v) is 8.86. The number of benzene rings is 2. The van der Waals surface area contributed by atoms with E-state index in [1.54, 1.807) is 7.05 Å². The highest BCUT2D eigenvalue weighted by molar-refractivity contribution is 5.80. The fourth-order valence-electron chi connectivity index (χ4n) is 4.51. The Balaban J connectivity index is 1.32. The van der Waals surface area contributed by atoms with Gasteiger partial charge in [0.15, 0.2) is 5.58 Å². The zero-order valence-corrected chi connectivity index (χ0v) is 18.2. The van der Waals surface area contributed by atoms with E-state index in [0.717, 1.165) is 54.3 Å². The lowest BCUT2D eigenvalue weighted by Gasteiger charge is -2.27. The monoisotopic (exact) mass is 421 g/mol. The van der Waals surface area contributed by atoms with Crippen LogP contribution < -0.4 is 16.8 Å². The molecule has 1 fully saturated rings. The number of aryl methyl sites for hydroxylation is 1. The van der Waals surface area contributed by atoms with E-state index in [-0.39, 0.29) is 17.2 Å². The predicted octanol–water partition coefficient (Wildman–Crippen LogP) is 3.90. The number of hydrogen-bond acceptors (Lipinski definition) is 4. The first-order chi connectivity index (χ1) is 14.9. The van der Waals surface area contributed by atoms with E-state index >= 15 is 0 Å². The van der Waals surface area contributed by atoms with Crippen LogP contribution in [0.3, 0.4) is 0 Å². The van der Waals surface area contributed by atoms with Gasteiger partial charge in [0.1, 0.15) is 0 Å². The summed E-state index contributed by atoms with van der Waals surface area (Å²) in [7, 11) is 1.71. The van der Waals surface area contributed by atoms with Crippen LogP contribution in [0.2, 0.25) is 0 Å². The fraction of sp³-hybridized carbons (Fsp3) is 0.440. The van der Waals surface area contributed by atoms with E-state index in [0.29, 0.717) is 18.5 Å². The number of amides is 1. The largest absolute Gasteiger partial charge is 0.419 e. The molecule has 6 nitrogen and oxygen atoms in total. The van der Waals surface area contributed by atoms with Crippen LogP contribution in [0.15, 0.2) is 51.7 Å². The number of nitrogens with zero attached hydrogens (tertiary/aromatic N) is 1. The maximum Gasteiger partial charge on any atom is 0.419 e. The second-order valence-electron chi connectivity index (χ2n) is 8.86. The molecule has 0 atom stereocenters. The normalized spacial score (nSPS) is 16.2. The number of hydrogen-bond donors (Lipinski definition) is 2. The van der Waals surface area contributed by atoms with Gasteiger partial charge in [0, 0.05) is 25.6 Å². The first kappa shape index (κ1) is 21.4. The number of fused-ring (bicyclic) bond motifs is 1. The molecule has 1 aromatic heterocycles. The van der Waals surface area contributed by atoms with Crippen molar-refractivity contribution in [3.63, 3.8) is 0 Å². The lowest BCUT2D eigenvalue weighted by Crippen LogP contribution is -2.44. The van der Waals surface area contributed by atoms with Gasteiger partial charge in [0.05, 0.1) is 5.52 Å². The third-order valence-corrected chi connectivity index (χ3v) is 6.43. The van der Waals surface area contributed by atoms with Crippen LogP contribution in [0.5, 0.6) is 0 Å². The maximum absolute atomic E-state index is 12.4. The summed E-state index contributed by atoms with van der Waals surface area (Å²) in [6, 6.07) is 14.0. The van der Waals surface area contributed by atoms with Crippen molar-refractivity contribution in [2.24, 2.45) is 12.8 Å². The van der Waals surface area contributed by atoms with Crippen molar-refractivity contribution in [3.8, 4) is 11.1 Å². The van der Waals surface area contributed by atoms with Crippen LogP contribution in [0, 0.1) is 0 Å². The second kappa shape index (κ2) is 9.10. The molecule has 3 N–H and O–H groups in total. The molecule has 1 heterocycles. The summed E-state index contributed by atoms with van der Waals surface area (Å²) in [6.45, 7) is 0.608. The molecule has 1 amide bonds. The summed E-state index contributed by atoms with van der Waals surface area (Å²) in [5.41, 5.74) is 10.8. The van der Waals surface area contributed by atoms with Gasteiger partial charge in [-0.3, -0.25) is 9.36 Å². The van der Waals surface area contributed by atoms with E-state index < -0.39 is 0 Å². The van der Waals surface area contributed by atoms with Gasteiger partial charge in [0.25, 0.3) is 0 Å². The SMILES string of the molecule is Cn1c(=O)oc2ccc(-c3ccc(CCNC(=O)CC4(N)CCCCCC4)cc3)cc21. The number of carbonyl (C=O) groups is 1. The molecular weight excluding hydrogens is 390 g/mol. The Morgan fingerprint density at radius 1 is 1.06 bits per heavy atom. The first-order valence-electron chi connectivity index (χ1n) is 11.2. The summed E-state index contributed by atoms with van der Waals surface area (Å²) in [5.74, 6) is -0.302. The van der Waals surface area contributed by atoms with Gasteiger partial charge in [0.2, 0.25) is 5.91 Å². The molecule has 164 valence electrons. The minimum absolute atomic E-state index is 0.0556. The molecule has 0 aliphatic heterocycles. The number of nitrogens with one attached hydrogen (secondary N) is 1. The molecule has 0 spiro atoms. The Labute approximate surface area is 182 Å². The van der Waals surface area contributed by atoms with E-state index in [1.165, 1.54) is 17.4 Å². The Kier molecular flexibility index (Phi) is 6.28. The third-order valence-electron chi connectivity index (χ3n) is 6.43. The first-order valence-corrected chi connectivity index (χ1v) is 11.2. The molecule has 1 aliphatic rings. The number of oxazole rings is 1. The van der Waals surface area contributed by atoms with Crippen LogP contribution >= 0.6 is 0 Å². The third kappa shape index (κ3) is 5.07. The quantitative estimate of drug-likeness (QED) is 0.591. The Morgan fingerprint density at radius 2 is 1.74 bits per heavy atom. The van der Waals surface area contributed by atoms with Crippen LogP contribution in [0.25, 0.3) is 22.2 Å². The highest BCUT2D eigenvalue weighted by atomic mass is 16.4. The molecule has 0 saturated heterocycles. The van der Waals surface area contributed by atoms with Crippen molar-refractivity contribution in [2.75, 3.05) is 6.54 Å². The molecule has 2 aromatic carbocycles. The molecule has 1 saturated carbocycles. The molecule has 3 aromatic rings. The maximum atomic E-state index is 12.4. The van der Waals surface area contributed by atoms with Crippen molar-refractivity contribution < 1.29 is 9.21 Å². The standard InChI is InChI=1S/C25H31N3O3/c1-28-21-16-20(10-11-22(21)31-24(28)30)19-8-6-18(7-9-19)12-15-27-23(29)17-25(26)13-4-2-3-5-14-25/h6-11,16H,2-5,12-15,17,26H2,1H3,(H,27,29). The number of aromatic nitrogens is 1. The van der Waals surface area contributed by atoms with Crippen LogP contribution in [-0.2, 0) is 18.3 Å². The summed E-state index contributed by atoms with van der Waals surface area (Å²) in [4.78, 5) is 24.1. The Hall–Kier alpha value is -2.86. The lowest BCUT2D eigenvalue weighted by molar-refractivity contribution is -0.122. The van der Waals surface area contributed by atoms with Crippen molar-refractivity contribution in [3.05, 3.63) is 58.6 Å². The van der Waals surface area contributed by atoms with Gasteiger partial charge in [-0.2, -0.15) is 0 Å². The number of carbonyl (C=O) groups excluding carboxylic acids is 1. The van der Waals surface area contributed by atoms with Crippen molar-refractivity contribution >= 4 is 17.0 Å². The molecule has 1 aliphatic carbocycles. The highest BCUT2D eigenvalue weighted by Crippen LogP contribution is 2.27. The van der Waals surface area contributed by atoms with Gasteiger partial charge >= 0.3 is 5.76 Å². The molecule has 0 bridgehead atoms. The topological polar surface area (TPSA) is 90.3 Å². The minimum Gasteiger partial charge on any atom is -0.408 e. The van der Waals surface area contributed by atoms with Crippen LogP contribution in [0.1, 0.15) is 50.5 Å². The summed E-state index contributed by atoms with van der Waals surface area (Å²) < 4.78 is 6.71. The molecule has 31 heavy (non-hydrogen) atoms. The van der Waals surface area contributed by atoms with Gasteiger partial charge in [-0.15, -0.1) is 0 Å². The number of nitrogens with two attached hydrogens (primary N) is 1. The molecule has 0 radical (unpaired) electrons. The Bertz CT molecular complexity index is 1100. The van der Waals surface area contributed by atoms with E-state index in [9.17, 15) is 9.59 Å². The van der Waals surface area contributed by atoms with E-state index in [1.807, 2.05) is 18.2 Å². The van der Waals surface area contributed by atoms with Crippen LogP contribution in [-0.4, -0.2) is 22.6 Å². The van der Waals surface area contributed by atoms with Gasteiger partial charge in [-0.25, -0.2) is 4.79 Å². The number of rotatable bonds is 6. The fourth-order valence-corrected chi connectivity index (χ4v) is 4.51. The van der Waals surface area contributed by atoms with E-state index in [4.69, 9.17) is 10.2 Å². The van der Waals surface area contributed by atoms with E-state index in [2.05, 4.69) is 29.6 Å². The summed E-state index contributed by atoms with van der Waals surface area (Å²) in [5, 5.41) is 3.04. The minimum atomic E-state index is -0.357. The average molecular weight is 422 g/mol. The summed E-state index contributed by atoms with van der Waals surface area (Å²) in [6.07, 6.45) is 7.79. The highest BCUT2D eigenvalue weighted by Gasteiger charge is 2.28. The molecule has 4 rings (SSSR count). The van der Waals surface area contributed by atoms with Gasteiger partial charge in [-0.1, -0.05) is 56.0 Å². The van der Waals surface area contributed by atoms with Gasteiger partial charge in [-0.05, 0) is 48.1 Å². The predicted molar refractivity (Wildman–Crippen MR) is 123 cm³/mol. The van der Waals surface area contributed by atoms with Crippen molar-refractivity contribution in [2.45, 2.75) is 56.9 Å². The molecular formula is C25H31N3O3. The van der Waals surface area contributed by atoms with Gasteiger partial charge < -0.3 is 15.5 Å².